The van der Waals surface area contributed by atoms with Crippen LogP contribution < -0.4 is 0 Å². The van der Waals surface area contributed by atoms with E-state index in [9.17, 15) is 18.3 Å². The second kappa shape index (κ2) is 7.28. The topological polar surface area (TPSA) is 44.0 Å². The van der Waals surface area contributed by atoms with E-state index in [1.165, 1.54) is 35.4 Å². The molecule has 0 saturated heterocycles. The van der Waals surface area contributed by atoms with Crippen LogP contribution in [0, 0.1) is 16.7 Å². The molecule has 1 atom stereocenters. The van der Waals surface area contributed by atoms with Crippen LogP contribution in [0.1, 0.15) is 57.6 Å². The molecule has 0 saturated carbocycles. The maximum atomic E-state index is 13.3. The van der Waals surface area contributed by atoms with Crippen LogP contribution in [0.3, 0.4) is 0 Å². The van der Waals surface area contributed by atoms with Gasteiger partial charge in [-0.2, -0.15) is 18.4 Å². The summed E-state index contributed by atoms with van der Waals surface area (Å²) < 4.78 is 39.9. The predicted octanol–water partition coefficient (Wildman–Crippen LogP) is 5.89. The molecule has 1 unspecified atom stereocenters. The molecular weight excluding hydrogens is 339 g/mol. The Labute approximate surface area is 152 Å². The van der Waals surface area contributed by atoms with E-state index >= 15 is 0 Å². The summed E-state index contributed by atoms with van der Waals surface area (Å²) in [5.41, 5.74) is -0.385. The normalized spacial score (nSPS) is 20.1. The van der Waals surface area contributed by atoms with Crippen LogP contribution >= 0.6 is 0 Å². The monoisotopic (exact) mass is 363 g/mol. The van der Waals surface area contributed by atoms with Crippen LogP contribution in [0.2, 0.25) is 0 Å². The molecule has 2 rings (SSSR count). The lowest BCUT2D eigenvalue weighted by Gasteiger charge is -2.33. The number of hydrogen-bond acceptors (Lipinski definition) is 2. The molecule has 1 N–H and O–H groups in total. The molecule has 0 fully saturated rings. The van der Waals surface area contributed by atoms with Gasteiger partial charge in [0.25, 0.3) is 0 Å². The number of benzene rings is 1. The van der Waals surface area contributed by atoms with E-state index in [0.717, 1.165) is 19.3 Å². The van der Waals surface area contributed by atoms with Gasteiger partial charge in [-0.15, -0.1) is 0 Å². The SMILES string of the molecule is CC1=C(C=Cc2cccc(C(O)(CC#N)C(F)(F)F)c2)C(C)(C)CCC1. The number of hydrogen-bond donors (Lipinski definition) is 1. The van der Waals surface area contributed by atoms with Crippen LogP contribution in [0.25, 0.3) is 6.08 Å². The van der Waals surface area contributed by atoms with Crippen LogP contribution in [0.4, 0.5) is 13.2 Å². The van der Waals surface area contributed by atoms with Gasteiger partial charge in [-0.3, -0.25) is 0 Å². The highest BCUT2D eigenvalue weighted by Gasteiger charge is 2.54. The average molecular weight is 363 g/mol. The molecule has 1 aliphatic carbocycles. The number of halogens is 3. The molecule has 140 valence electrons. The zero-order valence-corrected chi connectivity index (χ0v) is 15.3. The highest BCUT2D eigenvalue weighted by atomic mass is 19.4. The maximum absolute atomic E-state index is 13.3. The first-order valence-corrected chi connectivity index (χ1v) is 8.66. The fraction of sp³-hybridized carbons (Fsp3) is 0.476. The first kappa shape index (κ1) is 20.3. The Morgan fingerprint density at radius 3 is 2.54 bits per heavy atom. The lowest BCUT2D eigenvalue weighted by molar-refractivity contribution is -0.264. The van der Waals surface area contributed by atoms with Crippen molar-refractivity contribution in [1.82, 2.24) is 0 Å². The summed E-state index contributed by atoms with van der Waals surface area (Å²) in [6.45, 7) is 6.43. The fourth-order valence-electron chi connectivity index (χ4n) is 3.57. The third-order valence-corrected chi connectivity index (χ3v) is 5.15. The van der Waals surface area contributed by atoms with Crippen molar-refractivity contribution < 1.29 is 18.3 Å². The van der Waals surface area contributed by atoms with Gasteiger partial charge in [0.15, 0.2) is 5.60 Å². The number of nitriles is 1. The zero-order valence-electron chi connectivity index (χ0n) is 15.3. The highest BCUT2D eigenvalue weighted by molar-refractivity contribution is 5.56. The lowest BCUT2D eigenvalue weighted by atomic mass is 9.72. The van der Waals surface area contributed by atoms with Crippen molar-refractivity contribution in [3.8, 4) is 6.07 Å². The quantitative estimate of drug-likeness (QED) is 0.725. The van der Waals surface area contributed by atoms with Gasteiger partial charge in [-0.05, 0) is 54.4 Å². The molecule has 0 spiro atoms. The van der Waals surface area contributed by atoms with E-state index in [1.54, 1.807) is 12.1 Å². The summed E-state index contributed by atoms with van der Waals surface area (Å²) in [5.74, 6) is 0. The van der Waals surface area contributed by atoms with Gasteiger partial charge in [0.05, 0.1) is 12.5 Å². The smallest absolute Gasteiger partial charge is 0.375 e. The zero-order chi connectivity index (χ0) is 19.6. The number of allylic oxidation sites excluding steroid dienone is 3. The molecule has 0 aliphatic heterocycles. The average Bonchev–Trinajstić information content (AvgIpc) is 2.53. The maximum Gasteiger partial charge on any atom is 0.422 e. The first-order chi connectivity index (χ1) is 12.0. The molecule has 1 aliphatic rings. The second-order valence-electron chi connectivity index (χ2n) is 7.58. The molecule has 0 radical (unpaired) electrons. The van der Waals surface area contributed by atoms with Crippen molar-refractivity contribution in [2.75, 3.05) is 0 Å². The van der Waals surface area contributed by atoms with Crippen LogP contribution in [-0.2, 0) is 5.60 Å². The minimum Gasteiger partial charge on any atom is -0.375 e. The number of rotatable bonds is 4. The van der Waals surface area contributed by atoms with E-state index < -0.39 is 18.2 Å². The summed E-state index contributed by atoms with van der Waals surface area (Å²) in [6.07, 6.45) is 1.01. The molecule has 0 amide bonds. The van der Waals surface area contributed by atoms with Crippen molar-refractivity contribution in [2.45, 2.75) is 58.2 Å². The van der Waals surface area contributed by atoms with Gasteiger partial charge in [0.1, 0.15) is 0 Å². The molecule has 26 heavy (non-hydrogen) atoms. The molecule has 1 aromatic rings. The third kappa shape index (κ3) is 4.02. The summed E-state index contributed by atoms with van der Waals surface area (Å²) in [4.78, 5) is 0. The van der Waals surface area contributed by atoms with Crippen LogP contribution in [-0.4, -0.2) is 11.3 Å². The standard InChI is InChI=1S/C21H24F3NO/c1-15-6-5-11-19(2,3)18(15)10-9-16-7-4-8-17(14-16)20(26,12-13-25)21(22,23)24/h4,7-10,14,26H,5-6,11-12H2,1-3H3. The van der Waals surface area contributed by atoms with Crippen LogP contribution in [0.15, 0.2) is 41.5 Å². The molecule has 0 heterocycles. The number of alkyl halides is 3. The van der Waals surface area contributed by atoms with E-state index in [-0.39, 0.29) is 11.0 Å². The van der Waals surface area contributed by atoms with Crippen molar-refractivity contribution in [1.29, 1.82) is 5.26 Å². The molecule has 2 nitrogen and oxygen atoms in total. The summed E-state index contributed by atoms with van der Waals surface area (Å²) in [5, 5.41) is 18.8. The van der Waals surface area contributed by atoms with Gasteiger partial charge >= 0.3 is 6.18 Å². The van der Waals surface area contributed by atoms with Gasteiger partial charge < -0.3 is 5.11 Å². The number of nitrogens with zero attached hydrogens (tertiary/aromatic N) is 1. The Bertz CT molecular complexity index is 768. The van der Waals surface area contributed by atoms with Crippen molar-refractivity contribution in [3.05, 3.63) is 52.6 Å². The summed E-state index contributed by atoms with van der Waals surface area (Å²) in [7, 11) is 0. The minimum atomic E-state index is -4.92. The van der Waals surface area contributed by atoms with E-state index in [0.29, 0.717) is 5.56 Å². The molecule has 0 aromatic heterocycles. The van der Waals surface area contributed by atoms with Crippen molar-refractivity contribution in [3.63, 3.8) is 0 Å². The second-order valence-corrected chi connectivity index (χ2v) is 7.58. The molecule has 5 heteroatoms. The van der Waals surface area contributed by atoms with Crippen molar-refractivity contribution in [2.24, 2.45) is 5.41 Å². The Morgan fingerprint density at radius 1 is 1.27 bits per heavy atom. The van der Waals surface area contributed by atoms with E-state index in [4.69, 9.17) is 5.26 Å². The fourth-order valence-corrected chi connectivity index (χ4v) is 3.57. The Morgan fingerprint density at radius 2 is 1.96 bits per heavy atom. The minimum absolute atomic E-state index is 0.0317. The highest BCUT2D eigenvalue weighted by Crippen LogP contribution is 2.43. The predicted molar refractivity (Wildman–Crippen MR) is 96.0 cm³/mol. The largest absolute Gasteiger partial charge is 0.422 e. The first-order valence-electron chi connectivity index (χ1n) is 8.66. The van der Waals surface area contributed by atoms with Gasteiger partial charge in [-0.25, -0.2) is 0 Å². The Balaban J connectivity index is 2.40. The summed E-state index contributed by atoms with van der Waals surface area (Å²) >= 11 is 0. The molecular formula is C21H24F3NO. The van der Waals surface area contributed by atoms with Crippen molar-refractivity contribution >= 4 is 6.08 Å². The van der Waals surface area contributed by atoms with Gasteiger partial charge in [0.2, 0.25) is 0 Å². The summed E-state index contributed by atoms with van der Waals surface area (Å²) in [6, 6.07) is 7.10. The van der Waals surface area contributed by atoms with E-state index in [2.05, 4.69) is 20.8 Å². The number of aliphatic hydroxyl groups is 1. The Kier molecular flexibility index (Phi) is 5.67. The Hall–Kier alpha value is -2.06. The molecule has 0 bridgehead atoms. The van der Waals surface area contributed by atoms with E-state index in [1.807, 2.05) is 6.08 Å². The van der Waals surface area contributed by atoms with Crippen LogP contribution in [0.5, 0.6) is 0 Å². The lowest BCUT2D eigenvalue weighted by Crippen LogP contribution is -2.42. The molecule has 1 aromatic carbocycles. The van der Waals surface area contributed by atoms with Gasteiger partial charge in [0, 0.05) is 0 Å². The third-order valence-electron chi connectivity index (χ3n) is 5.15. The van der Waals surface area contributed by atoms with Gasteiger partial charge in [-0.1, -0.05) is 49.8 Å².